The third kappa shape index (κ3) is 2.21. The van der Waals surface area contributed by atoms with Gasteiger partial charge in [-0.3, -0.25) is 9.48 Å². The number of amides is 1. The highest BCUT2D eigenvalue weighted by atomic mass is 35.5. The fourth-order valence-corrected chi connectivity index (χ4v) is 2.45. The van der Waals surface area contributed by atoms with Gasteiger partial charge in [0.2, 0.25) is 0 Å². The minimum absolute atomic E-state index is 0.0541. The van der Waals surface area contributed by atoms with Gasteiger partial charge in [-0.05, 0) is 19.3 Å². The number of carbonyl (C=O) groups excluding carboxylic acids is 1. The van der Waals surface area contributed by atoms with Crippen LogP contribution in [0.2, 0.25) is 0 Å². The van der Waals surface area contributed by atoms with Crippen molar-refractivity contribution in [2.24, 2.45) is 7.05 Å². The van der Waals surface area contributed by atoms with Crippen LogP contribution in [0.15, 0.2) is 12.4 Å². The lowest BCUT2D eigenvalue weighted by molar-refractivity contribution is 0.0639. The highest BCUT2D eigenvalue weighted by molar-refractivity contribution is 6.18. The van der Waals surface area contributed by atoms with E-state index in [-0.39, 0.29) is 11.9 Å². The number of carbonyl (C=O) groups is 1. The van der Waals surface area contributed by atoms with Gasteiger partial charge in [0, 0.05) is 31.7 Å². The number of nitrogens with zero attached hydrogens (tertiary/aromatic N) is 3. The SMILES string of the molecule is Cn1cc(C(=O)N2CCCCC2CCl)cn1. The number of piperidine rings is 1. The minimum Gasteiger partial charge on any atom is -0.334 e. The molecule has 1 aliphatic heterocycles. The number of rotatable bonds is 2. The summed E-state index contributed by atoms with van der Waals surface area (Å²) in [4.78, 5) is 14.1. The van der Waals surface area contributed by atoms with E-state index in [1.54, 1.807) is 17.1 Å². The molecule has 1 fully saturated rings. The summed E-state index contributed by atoms with van der Waals surface area (Å²) in [6.45, 7) is 0.811. The molecule has 0 spiro atoms. The summed E-state index contributed by atoms with van der Waals surface area (Å²) in [7, 11) is 1.81. The van der Waals surface area contributed by atoms with E-state index in [1.165, 1.54) is 0 Å². The fraction of sp³-hybridized carbons (Fsp3) is 0.636. The Hall–Kier alpha value is -1.03. The second-order valence-corrected chi connectivity index (χ2v) is 4.51. The number of aryl methyl sites for hydroxylation is 1. The van der Waals surface area contributed by atoms with E-state index >= 15 is 0 Å². The van der Waals surface area contributed by atoms with E-state index in [0.29, 0.717) is 11.4 Å². The molecule has 88 valence electrons. The summed E-state index contributed by atoms with van der Waals surface area (Å²) in [6, 6.07) is 0.183. The Balaban J connectivity index is 2.13. The predicted molar refractivity (Wildman–Crippen MR) is 62.6 cm³/mol. The summed E-state index contributed by atoms with van der Waals surface area (Å²) in [6.07, 6.45) is 6.60. The quantitative estimate of drug-likeness (QED) is 0.739. The van der Waals surface area contributed by atoms with Gasteiger partial charge < -0.3 is 4.90 Å². The molecule has 16 heavy (non-hydrogen) atoms. The molecule has 0 aromatic carbocycles. The second kappa shape index (κ2) is 4.87. The molecule has 1 amide bonds. The largest absolute Gasteiger partial charge is 0.334 e. The van der Waals surface area contributed by atoms with Gasteiger partial charge >= 0.3 is 0 Å². The molecule has 1 aromatic heterocycles. The van der Waals surface area contributed by atoms with E-state index in [9.17, 15) is 4.79 Å². The third-order valence-corrected chi connectivity index (χ3v) is 3.37. The molecule has 5 heteroatoms. The topological polar surface area (TPSA) is 38.1 Å². The molecule has 1 unspecified atom stereocenters. The smallest absolute Gasteiger partial charge is 0.257 e. The molecular formula is C11H16ClN3O. The molecule has 0 radical (unpaired) electrons. The Morgan fingerprint density at radius 3 is 3.06 bits per heavy atom. The molecule has 0 aliphatic carbocycles. The van der Waals surface area contributed by atoms with Crippen molar-refractivity contribution in [2.45, 2.75) is 25.3 Å². The zero-order chi connectivity index (χ0) is 11.5. The molecular weight excluding hydrogens is 226 g/mol. The van der Waals surface area contributed by atoms with Gasteiger partial charge in [-0.2, -0.15) is 5.10 Å². The third-order valence-electron chi connectivity index (χ3n) is 3.02. The maximum atomic E-state index is 12.2. The van der Waals surface area contributed by atoms with Crippen LogP contribution in [-0.2, 0) is 7.05 Å². The van der Waals surface area contributed by atoms with Gasteiger partial charge in [-0.15, -0.1) is 11.6 Å². The van der Waals surface area contributed by atoms with E-state index < -0.39 is 0 Å². The van der Waals surface area contributed by atoms with Crippen LogP contribution in [0, 0.1) is 0 Å². The maximum Gasteiger partial charge on any atom is 0.257 e. The minimum atomic E-state index is 0.0541. The zero-order valence-electron chi connectivity index (χ0n) is 9.40. The first-order valence-electron chi connectivity index (χ1n) is 5.58. The van der Waals surface area contributed by atoms with Crippen molar-refractivity contribution in [2.75, 3.05) is 12.4 Å². The van der Waals surface area contributed by atoms with E-state index in [4.69, 9.17) is 11.6 Å². The first kappa shape index (κ1) is 11.5. The number of halogens is 1. The van der Waals surface area contributed by atoms with Crippen molar-refractivity contribution in [1.29, 1.82) is 0 Å². The summed E-state index contributed by atoms with van der Waals surface area (Å²) < 4.78 is 1.65. The average Bonchev–Trinajstić information content (AvgIpc) is 2.75. The molecule has 1 atom stereocenters. The lowest BCUT2D eigenvalue weighted by Gasteiger charge is -2.34. The van der Waals surface area contributed by atoms with Crippen LogP contribution in [0.4, 0.5) is 0 Å². The number of hydrogen-bond donors (Lipinski definition) is 0. The van der Waals surface area contributed by atoms with Gasteiger partial charge in [-0.25, -0.2) is 0 Å². The fourth-order valence-electron chi connectivity index (χ4n) is 2.13. The number of hydrogen-bond acceptors (Lipinski definition) is 2. The highest BCUT2D eigenvalue weighted by Crippen LogP contribution is 2.20. The summed E-state index contributed by atoms with van der Waals surface area (Å²) >= 11 is 5.90. The monoisotopic (exact) mass is 241 g/mol. The number of likely N-dealkylation sites (tertiary alicyclic amines) is 1. The maximum absolute atomic E-state index is 12.2. The van der Waals surface area contributed by atoms with Crippen LogP contribution in [0.3, 0.4) is 0 Å². The molecule has 0 saturated carbocycles. The zero-order valence-corrected chi connectivity index (χ0v) is 10.2. The van der Waals surface area contributed by atoms with E-state index in [1.807, 2.05) is 11.9 Å². The van der Waals surface area contributed by atoms with Gasteiger partial charge in [0.25, 0.3) is 5.91 Å². The Morgan fingerprint density at radius 2 is 2.44 bits per heavy atom. The first-order valence-corrected chi connectivity index (χ1v) is 6.11. The lowest BCUT2D eigenvalue weighted by atomic mass is 10.0. The van der Waals surface area contributed by atoms with Gasteiger partial charge in [0.15, 0.2) is 0 Å². The molecule has 2 heterocycles. The van der Waals surface area contributed by atoms with Crippen molar-refractivity contribution < 1.29 is 4.79 Å². The van der Waals surface area contributed by atoms with Gasteiger partial charge in [-0.1, -0.05) is 0 Å². The predicted octanol–water partition coefficient (Wildman–Crippen LogP) is 1.65. The molecule has 0 N–H and O–H groups in total. The van der Waals surface area contributed by atoms with Crippen LogP contribution in [0.1, 0.15) is 29.6 Å². The van der Waals surface area contributed by atoms with Crippen LogP contribution in [0.5, 0.6) is 0 Å². The van der Waals surface area contributed by atoms with Crippen LogP contribution in [0.25, 0.3) is 0 Å². The molecule has 4 nitrogen and oxygen atoms in total. The summed E-state index contributed by atoms with van der Waals surface area (Å²) in [5, 5.41) is 4.02. The Labute approximate surface area is 100 Å². The molecule has 0 bridgehead atoms. The summed E-state index contributed by atoms with van der Waals surface area (Å²) in [5.74, 6) is 0.574. The Morgan fingerprint density at radius 1 is 1.62 bits per heavy atom. The average molecular weight is 242 g/mol. The second-order valence-electron chi connectivity index (χ2n) is 4.21. The molecule has 1 saturated heterocycles. The number of alkyl halides is 1. The first-order chi connectivity index (χ1) is 7.72. The molecule has 1 aliphatic rings. The van der Waals surface area contributed by atoms with Crippen molar-refractivity contribution in [3.63, 3.8) is 0 Å². The number of aromatic nitrogens is 2. The standard InChI is InChI=1S/C11H16ClN3O/c1-14-8-9(7-13-14)11(16)15-5-3-2-4-10(15)6-12/h7-8,10H,2-6H2,1H3. The van der Waals surface area contributed by atoms with Crippen LogP contribution < -0.4 is 0 Å². The van der Waals surface area contributed by atoms with Crippen LogP contribution in [-0.4, -0.2) is 39.1 Å². The Kier molecular flexibility index (Phi) is 3.49. The van der Waals surface area contributed by atoms with Crippen LogP contribution >= 0.6 is 11.6 Å². The van der Waals surface area contributed by atoms with Crippen molar-refractivity contribution >= 4 is 17.5 Å². The van der Waals surface area contributed by atoms with Gasteiger partial charge in [0.1, 0.15) is 0 Å². The lowest BCUT2D eigenvalue weighted by Crippen LogP contribution is -2.44. The Bertz CT molecular complexity index is 377. The van der Waals surface area contributed by atoms with Gasteiger partial charge in [0.05, 0.1) is 11.8 Å². The molecule has 2 rings (SSSR count). The normalized spacial score (nSPS) is 21.1. The highest BCUT2D eigenvalue weighted by Gasteiger charge is 2.27. The van der Waals surface area contributed by atoms with Crippen molar-refractivity contribution in [1.82, 2.24) is 14.7 Å². The molecule has 1 aromatic rings. The van der Waals surface area contributed by atoms with E-state index in [0.717, 1.165) is 25.8 Å². The van der Waals surface area contributed by atoms with Crippen molar-refractivity contribution in [3.8, 4) is 0 Å². The van der Waals surface area contributed by atoms with Crippen molar-refractivity contribution in [3.05, 3.63) is 18.0 Å². The summed E-state index contributed by atoms with van der Waals surface area (Å²) in [5.41, 5.74) is 0.652. The van der Waals surface area contributed by atoms with E-state index in [2.05, 4.69) is 5.10 Å².